The average molecular weight is 394 g/mol. The van der Waals surface area contributed by atoms with Crippen molar-refractivity contribution >= 4 is 41.4 Å². The van der Waals surface area contributed by atoms with Crippen LogP contribution in [0.15, 0.2) is 50.8 Å². The van der Waals surface area contributed by atoms with Crippen molar-refractivity contribution in [3.63, 3.8) is 0 Å². The van der Waals surface area contributed by atoms with Crippen molar-refractivity contribution in [1.82, 2.24) is 5.43 Å². The number of rotatable bonds is 6. The molecule has 8 heteroatoms. The summed E-state index contributed by atoms with van der Waals surface area (Å²) in [6.45, 7) is 4.83. The van der Waals surface area contributed by atoms with Crippen LogP contribution < -0.4 is 10.3 Å². The molecular weight excluding hydrogens is 374 g/mol. The quantitative estimate of drug-likeness (QED) is 0.463. The van der Waals surface area contributed by atoms with Crippen LogP contribution in [0.25, 0.3) is 0 Å². The molecule has 3 rings (SSSR count). The van der Waals surface area contributed by atoms with Gasteiger partial charge in [-0.25, -0.2) is 5.43 Å². The molecule has 0 saturated carbocycles. The predicted octanol–water partition coefficient (Wildman–Crippen LogP) is 3.40. The highest BCUT2D eigenvalue weighted by molar-refractivity contribution is 8.00. The minimum atomic E-state index is -0.283. The maximum Gasteiger partial charge on any atom is 0.253 e. The van der Waals surface area contributed by atoms with Crippen molar-refractivity contribution in [3.8, 4) is 0 Å². The van der Waals surface area contributed by atoms with Gasteiger partial charge in [-0.3, -0.25) is 4.79 Å². The lowest BCUT2D eigenvalue weighted by Gasteiger charge is -2.26. The van der Waals surface area contributed by atoms with Crippen molar-refractivity contribution < 1.29 is 13.9 Å². The molecule has 0 bridgehead atoms. The number of hydrogen-bond donors (Lipinski definition) is 1. The summed E-state index contributed by atoms with van der Waals surface area (Å²) in [4.78, 5) is 15.2. The monoisotopic (exact) mass is 393 g/mol. The first-order valence-corrected chi connectivity index (χ1v) is 9.55. The summed E-state index contributed by atoms with van der Waals surface area (Å²) in [5, 5.41) is 4.37. The van der Waals surface area contributed by atoms with Crippen LogP contribution in [0, 0.1) is 0 Å². The van der Waals surface area contributed by atoms with Gasteiger partial charge in [-0.1, -0.05) is 11.6 Å². The molecule has 0 radical (unpaired) electrons. The molecule has 1 aliphatic rings. The molecule has 2 aromatic rings. The molecule has 0 aliphatic carbocycles. The number of ether oxygens (including phenoxy) is 1. The smallest absolute Gasteiger partial charge is 0.253 e. The molecule has 1 aromatic carbocycles. The van der Waals surface area contributed by atoms with Gasteiger partial charge in [0.25, 0.3) is 5.91 Å². The van der Waals surface area contributed by atoms with E-state index < -0.39 is 0 Å². The van der Waals surface area contributed by atoms with Gasteiger partial charge in [0, 0.05) is 29.1 Å². The van der Waals surface area contributed by atoms with E-state index >= 15 is 0 Å². The number of thioether (sulfide) groups is 1. The minimum Gasteiger partial charge on any atom is -0.440 e. The molecule has 1 fully saturated rings. The van der Waals surface area contributed by atoms with Gasteiger partial charge in [-0.2, -0.15) is 5.10 Å². The molecule has 0 unspecified atom stereocenters. The van der Waals surface area contributed by atoms with Crippen LogP contribution in [0.4, 0.5) is 5.88 Å². The van der Waals surface area contributed by atoms with Crippen LogP contribution in [0.5, 0.6) is 0 Å². The zero-order valence-electron chi connectivity index (χ0n) is 14.4. The van der Waals surface area contributed by atoms with Gasteiger partial charge in [0.15, 0.2) is 5.88 Å². The molecule has 138 valence electrons. The van der Waals surface area contributed by atoms with Gasteiger partial charge < -0.3 is 14.1 Å². The topological polar surface area (TPSA) is 67.1 Å². The van der Waals surface area contributed by atoms with Crippen LogP contribution in [-0.4, -0.2) is 43.7 Å². The number of halogens is 1. The molecule has 1 N–H and O–H groups in total. The molecule has 6 nitrogen and oxygen atoms in total. The zero-order valence-corrected chi connectivity index (χ0v) is 15.9. The molecule has 1 saturated heterocycles. The van der Waals surface area contributed by atoms with Crippen LogP contribution in [0.1, 0.15) is 12.7 Å². The largest absolute Gasteiger partial charge is 0.440 e. The summed E-state index contributed by atoms with van der Waals surface area (Å²) in [6.07, 6.45) is 1.50. The van der Waals surface area contributed by atoms with E-state index in [2.05, 4.69) is 15.4 Å². The van der Waals surface area contributed by atoms with E-state index in [9.17, 15) is 4.79 Å². The Morgan fingerprint density at radius 3 is 2.73 bits per heavy atom. The Balaban J connectivity index is 1.48. The number of furan rings is 1. The van der Waals surface area contributed by atoms with Crippen LogP contribution in [0.3, 0.4) is 0 Å². The van der Waals surface area contributed by atoms with E-state index in [4.69, 9.17) is 20.8 Å². The fourth-order valence-corrected chi connectivity index (χ4v) is 3.37. The molecular formula is C18H20ClN3O3S. The molecule has 1 atom stereocenters. The number of amides is 1. The lowest BCUT2D eigenvalue weighted by molar-refractivity contribution is -0.120. The third-order valence-corrected chi connectivity index (χ3v) is 5.16. The number of carbonyl (C=O) groups is 1. The zero-order chi connectivity index (χ0) is 18.4. The van der Waals surface area contributed by atoms with Crippen molar-refractivity contribution in [2.75, 3.05) is 31.2 Å². The summed E-state index contributed by atoms with van der Waals surface area (Å²) in [5.41, 5.74) is 2.54. The fraction of sp³-hybridized carbons (Fsp3) is 0.333. The first-order chi connectivity index (χ1) is 12.6. The third kappa shape index (κ3) is 5.27. The SMILES string of the molecule is C[C@H](Sc1ccc(Cl)cc1)C(=O)N/N=C\c1ccc(N2CCOCC2)o1. The second kappa shape index (κ2) is 9.12. The van der Waals surface area contributed by atoms with Gasteiger partial charge in [0.05, 0.1) is 24.7 Å². The van der Waals surface area contributed by atoms with Gasteiger partial charge in [-0.05, 0) is 37.3 Å². The number of morpholine rings is 1. The van der Waals surface area contributed by atoms with Gasteiger partial charge in [-0.15, -0.1) is 11.8 Å². The molecule has 1 aromatic heterocycles. The lowest BCUT2D eigenvalue weighted by Crippen LogP contribution is -2.35. The molecule has 0 spiro atoms. The Morgan fingerprint density at radius 1 is 1.27 bits per heavy atom. The number of nitrogens with one attached hydrogen (secondary N) is 1. The van der Waals surface area contributed by atoms with Crippen molar-refractivity contribution in [1.29, 1.82) is 0 Å². The van der Waals surface area contributed by atoms with E-state index in [0.717, 1.165) is 23.9 Å². The standard InChI is InChI=1S/C18H20ClN3O3S/c1-13(26-16-5-2-14(19)3-6-16)18(23)21-20-12-15-4-7-17(25-15)22-8-10-24-11-9-22/h2-7,12-13H,8-11H2,1H3,(H,21,23)/b20-12-/t13-/m0/s1. The molecule has 1 aliphatic heterocycles. The lowest BCUT2D eigenvalue weighted by atomic mass is 10.4. The molecule has 1 amide bonds. The van der Waals surface area contributed by atoms with Gasteiger partial charge in [0.2, 0.25) is 0 Å². The molecule has 26 heavy (non-hydrogen) atoms. The number of hydrazone groups is 1. The van der Waals surface area contributed by atoms with E-state index in [0.29, 0.717) is 24.0 Å². The Morgan fingerprint density at radius 2 is 2.00 bits per heavy atom. The van der Waals surface area contributed by atoms with Crippen molar-refractivity contribution in [2.24, 2.45) is 5.10 Å². The summed E-state index contributed by atoms with van der Waals surface area (Å²) in [6, 6.07) is 11.1. The Kier molecular flexibility index (Phi) is 6.60. The Bertz CT molecular complexity index is 757. The third-order valence-electron chi connectivity index (χ3n) is 3.80. The minimum absolute atomic E-state index is 0.179. The Labute approximate surface area is 161 Å². The van der Waals surface area contributed by atoms with Crippen molar-refractivity contribution in [2.45, 2.75) is 17.1 Å². The highest BCUT2D eigenvalue weighted by Gasteiger charge is 2.15. The first kappa shape index (κ1) is 18.8. The van der Waals surface area contributed by atoms with Crippen molar-refractivity contribution in [3.05, 3.63) is 47.2 Å². The van der Waals surface area contributed by atoms with E-state index in [1.807, 2.05) is 31.2 Å². The number of benzene rings is 1. The fourth-order valence-electron chi connectivity index (χ4n) is 2.39. The Hall–Kier alpha value is -1.96. The summed E-state index contributed by atoms with van der Waals surface area (Å²) < 4.78 is 11.0. The second-order valence-corrected chi connectivity index (χ2v) is 7.57. The summed E-state index contributed by atoms with van der Waals surface area (Å²) >= 11 is 7.31. The maximum absolute atomic E-state index is 12.1. The van der Waals surface area contributed by atoms with Gasteiger partial charge >= 0.3 is 0 Å². The van der Waals surface area contributed by atoms with Crippen LogP contribution in [-0.2, 0) is 9.53 Å². The second-order valence-electron chi connectivity index (χ2n) is 5.72. The number of hydrogen-bond acceptors (Lipinski definition) is 6. The number of nitrogens with zero attached hydrogens (tertiary/aromatic N) is 2. The van der Waals surface area contributed by atoms with E-state index in [1.165, 1.54) is 18.0 Å². The van der Waals surface area contributed by atoms with Gasteiger partial charge in [0.1, 0.15) is 5.76 Å². The number of anilines is 1. The predicted molar refractivity (Wildman–Crippen MR) is 104 cm³/mol. The number of carbonyl (C=O) groups excluding carboxylic acids is 1. The highest BCUT2D eigenvalue weighted by Crippen LogP contribution is 2.24. The maximum atomic E-state index is 12.1. The van der Waals surface area contributed by atoms with Crippen LogP contribution >= 0.6 is 23.4 Å². The van der Waals surface area contributed by atoms with Crippen LogP contribution in [0.2, 0.25) is 5.02 Å². The summed E-state index contributed by atoms with van der Waals surface area (Å²) in [5.74, 6) is 1.19. The average Bonchev–Trinajstić information content (AvgIpc) is 3.13. The van der Waals surface area contributed by atoms with E-state index in [1.54, 1.807) is 12.1 Å². The highest BCUT2D eigenvalue weighted by atomic mass is 35.5. The van der Waals surface area contributed by atoms with E-state index in [-0.39, 0.29) is 11.2 Å². The summed E-state index contributed by atoms with van der Waals surface area (Å²) in [7, 11) is 0. The first-order valence-electron chi connectivity index (χ1n) is 8.29. The normalized spacial score (nSPS) is 16.0. The molecule has 2 heterocycles.